The fourth-order valence-electron chi connectivity index (χ4n) is 2.40. The normalized spacial score (nSPS) is 20.3. The van der Waals surface area contributed by atoms with Crippen LogP contribution in [-0.2, 0) is 6.42 Å². The van der Waals surface area contributed by atoms with Crippen molar-refractivity contribution < 1.29 is 0 Å². The van der Waals surface area contributed by atoms with Crippen molar-refractivity contribution in [2.24, 2.45) is 16.6 Å². The van der Waals surface area contributed by atoms with Crippen LogP contribution in [0.2, 0.25) is 0 Å². The highest BCUT2D eigenvalue weighted by molar-refractivity contribution is 5.86. The van der Waals surface area contributed by atoms with Gasteiger partial charge in [0.05, 0.1) is 12.4 Å². The van der Waals surface area contributed by atoms with Gasteiger partial charge in [0.25, 0.3) is 0 Å². The third-order valence-corrected chi connectivity index (χ3v) is 3.44. The highest BCUT2D eigenvalue weighted by atomic mass is 15.1. The Morgan fingerprint density at radius 1 is 1.39 bits per heavy atom. The second kappa shape index (κ2) is 6.55. The van der Waals surface area contributed by atoms with Gasteiger partial charge in [-0.1, -0.05) is 37.3 Å². The zero-order valence-corrected chi connectivity index (χ0v) is 11.1. The molecule has 0 fully saturated rings. The first-order chi connectivity index (χ1) is 8.79. The Bertz CT molecular complexity index is 386. The summed E-state index contributed by atoms with van der Waals surface area (Å²) < 4.78 is 0. The van der Waals surface area contributed by atoms with Crippen molar-refractivity contribution in [1.82, 2.24) is 5.32 Å². The first kappa shape index (κ1) is 13.1. The lowest BCUT2D eigenvalue weighted by Crippen LogP contribution is -2.34. The maximum absolute atomic E-state index is 5.54. The maximum Gasteiger partial charge on any atom is 0.0998 e. The molecule has 2 unspecified atom stereocenters. The number of benzene rings is 1. The number of amidine groups is 1. The van der Waals surface area contributed by atoms with Crippen LogP contribution in [0, 0.1) is 5.92 Å². The van der Waals surface area contributed by atoms with Crippen LogP contribution < -0.4 is 11.1 Å². The van der Waals surface area contributed by atoms with E-state index in [9.17, 15) is 0 Å². The first-order valence-electron chi connectivity index (χ1n) is 6.84. The van der Waals surface area contributed by atoms with Crippen molar-refractivity contribution in [3.63, 3.8) is 0 Å². The molecule has 0 bridgehead atoms. The number of nitrogens with zero attached hydrogens (tertiary/aromatic N) is 1. The molecule has 2 atom stereocenters. The molecule has 0 aliphatic carbocycles. The molecule has 0 spiro atoms. The van der Waals surface area contributed by atoms with Crippen LogP contribution in [0.3, 0.4) is 0 Å². The molecule has 0 radical (unpaired) electrons. The summed E-state index contributed by atoms with van der Waals surface area (Å²) in [5, 5.41) is 3.54. The smallest absolute Gasteiger partial charge is 0.0998 e. The van der Waals surface area contributed by atoms with Gasteiger partial charge in [-0.25, -0.2) is 0 Å². The molecule has 3 heteroatoms. The van der Waals surface area contributed by atoms with Crippen LogP contribution >= 0.6 is 0 Å². The third kappa shape index (κ3) is 3.57. The van der Waals surface area contributed by atoms with E-state index in [4.69, 9.17) is 5.73 Å². The largest absolute Gasteiger partial charge is 0.369 e. The predicted octanol–water partition coefficient (Wildman–Crippen LogP) is 1.97. The number of nitrogens with two attached hydrogens (primary N) is 1. The number of rotatable bonds is 6. The molecule has 2 rings (SSSR count). The van der Waals surface area contributed by atoms with Gasteiger partial charge in [0.15, 0.2) is 0 Å². The third-order valence-electron chi connectivity index (χ3n) is 3.44. The van der Waals surface area contributed by atoms with Gasteiger partial charge < -0.3 is 11.1 Å². The van der Waals surface area contributed by atoms with Gasteiger partial charge in [-0.05, 0) is 31.4 Å². The van der Waals surface area contributed by atoms with Crippen molar-refractivity contribution in [1.29, 1.82) is 0 Å². The Morgan fingerprint density at radius 2 is 2.17 bits per heavy atom. The molecule has 1 aromatic rings. The van der Waals surface area contributed by atoms with Crippen LogP contribution in [-0.4, -0.2) is 25.0 Å². The Balaban J connectivity index is 1.82. The zero-order valence-electron chi connectivity index (χ0n) is 11.1. The monoisotopic (exact) mass is 245 g/mol. The molecule has 1 heterocycles. The van der Waals surface area contributed by atoms with E-state index in [-0.39, 0.29) is 0 Å². The van der Waals surface area contributed by atoms with E-state index in [0.717, 1.165) is 32.4 Å². The highest BCUT2D eigenvalue weighted by Crippen LogP contribution is 2.13. The van der Waals surface area contributed by atoms with Crippen LogP contribution in [0.5, 0.6) is 0 Å². The van der Waals surface area contributed by atoms with Crippen molar-refractivity contribution >= 4 is 5.84 Å². The summed E-state index contributed by atoms with van der Waals surface area (Å²) in [6, 6.07) is 11.1. The summed E-state index contributed by atoms with van der Waals surface area (Å²) in [6.07, 6.45) is 3.26. The number of aliphatic imine (C=N–C) groups is 1. The van der Waals surface area contributed by atoms with Crippen LogP contribution in [0.4, 0.5) is 0 Å². The predicted molar refractivity (Wildman–Crippen MR) is 76.8 cm³/mol. The molecule has 0 saturated heterocycles. The van der Waals surface area contributed by atoms with Crippen LogP contribution in [0.15, 0.2) is 35.3 Å². The average molecular weight is 245 g/mol. The standard InChI is InChI=1S/C15H23N3/c1-12(10-13-6-3-2-4-7-13)15-17-11-14(18-15)8-5-9-16/h2-4,6-7,12,14H,5,8-11,16H2,1H3,(H,17,18). The molecule has 1 aromatic carbocycles. The van der Waals surface area contributed by atoms with Gasteiger partial charge in [0.1, 0.15) is 0 Å². The minimum absolute atomic E-state index is 0.468. The number of nitrogens with one attached hydrogen (secondary N) is 1. The highest BCUT2D eigenvalue weighted by Gasteiger charge is 2.21. The molecule has 0 aromatic heterocycles. The van der Waals surface area contributed by atoms with Gasteiger partial charge >= 0.3 is 0 Å². The molecular formula is C15H23N3. The van der Waals surface area contributed by atoms with Crippen molar-refractivity contribution in [2.75, 3.05) is 13.1 Å². The lowest BCUT2D eigenvalue weighted by Gasteiger charge is -2.16. The Morgan fingerprint density at radius 3 is 2.89 bits per heavy atom. The second-order valence-electron chi connectivity index (χ2n) is 5.09. The summed E-state index contributed by atoms with van der Waals surface area (Å²) in [7, 11) is 0. The van der Waals surface area contributed by atoms with Gasteiger partial charge in [-0.15, -0.1) is 0 Å². The first-order valence-corrected chi connectivity index (χ1v) is 6.84. The maximum atomic E-state index is 5.54. The van der Waals surface area contributed by atoms with E-state index < -0.39 is 0 Å². The zero-order chi connectivity index (χ0) is 12.8. The Kier molecular flexibility index (Phi) is 4.76. The average Bonchev–Trinajstić information content (AvgIpc) is 2.86. The lowest BCUT2D eigenvalue weighted by atomic mass is 10.00. The van der Waals surface area contributed by atoms with E-state index in [1.807, 2.05) is 0 Å². The molecule has 18 heavy (non-hydrogen) atoms. The summed E-state index contributed by atoms with van der Waals surface area (Å²) in [4.78, 5) is 4.63. The number of hydrogen-bond acceptors (Lipinski definition) is 3. The summed E-state index contributed by atoms with van der Waals surface area (Å²) in [5.74, 6) is 1.64. The molecule has 1 aliphatic heterocycles. The van der Waals surface area contributed by atoms with Gasteiger partial charge in [-0.3, -0.25) is 4.99 Å². The summed E-state index contributed by atoms with van der Waals surface area (Å²) in [5.41, 5.74) is 6.91. The quantitative estimate of drug-likeness (QED) is 0.805. The van der Waals surface area contributed by atoms with Gasteiger partial charge in [-0.2, -0.15) is 0 Å². The molecule has 1 aliphatic rings. The molecular weight excluding hydrogens is 222 g/mol. The molecule has 98 valence electrons. The fraction of sp³-hybridized carbons (Fsp3) is 0.533. The van der Waals surface area contributed by atoms with Crippen LogP contribution in [0.25, 0.3) is 0 Å². The number of hydrogen-bond donors (Lipinski definition) is 2. The van der Waals surface area contributed by atoms with E-state index >= 15 is 0 Å². The van der Waals surface area contributed by atoms with Crippen molar-refractivity contribution in [3.05, 3.63) is 35.9 Å². The lowest BCUT2D eigenvalue weighted by molar-refractivity contribution is 0.569. The SMILES string of the molecule is CC(Cc1ccccc1)C1=NCC(CCCN)N1. The summed E-state index contributed by atoms with van der Waals surface area (Å²) in [6.45, 7) is 3.92. The van der Waals surface area contributed by atoms with E-state index in [2.05, 4.69) is 47.6 Å². The summed E-state index contributed by atoms with van der Waals surface area (Å²) >= 11 is 0. The Labute approximate surface area is 109 Å². The van der Waals surface area contributed by atoms with Crippen molar-refractivity contribution in [3.8, 4) is 0 Å². The van der Waals surface area contributed by atoms with Crippen molar-refractivity contribution in [2.45, 2.75) is 32.2 Å². The van der Waals surface area contributed by atoms with E-state index in [1.165, 1.54) is 11.4 Å². The minimum Gasteiger partial charge on any atom is -0.369 e. The van der Waals surface area contributed by atoms with Gasteiger partial charge in [0, 0.05) is 12.0 Å². The second-order valence-corrected chi connectivity index (χ2v) is 5.09. The molecule has 3 N–H and O–H groups in total. The molecule has 0 saturated carbocycles. The topological polar surface area (TPSA) is 50.4 Å². The molecule has 0 amide bonds. The minimum atomic E-state index is 0.468. The van der Waals surface area contributed by atoms with Crippen LogP contribution in [0.1, 0.15) is 25.3 Å². The van der Waals surface area contributed by atoms with E-state index in [1.54, 1.807) is 0 Å². The fourth-order valence-corrected chi connectivity index (χ4v) is 2.40. The van der Waals surface area contributed by atoms with E-state index in [0.29, 0.717) is 12.0 Å². The molecule has 3 nitrogen and oxygen atoms in total. The Hall–Kier alpha value is -1.35. The van der Waals surface area contributed by atoms with Gasteiger partial charge in [0.2, 0.25) is 0 Å².